The minimum absolute atomic E-state index is 0.0771. The topological polar surface area (TPSA) is 55.6 Å². The monoisotopic (exact) mass is 276 g/mol. The molecule has 2 atom stereocenters. The van der Waals surface area contributed by atoms with Crippen molar-refractivity contribution in [3.63, 3.8) is 0 Å². The van der Waals surface area contributed by atoms with Crippen molar-refractivity contribution in [3.8, 4) is 0 Å². The van der Waals surface area contributed by atoms with E-state index in [0.717, 1.165) is 17.7 Å². The SMILES string of the molecule is CC1CCOC1C(=O)N(Cc1ccccc1N)C(C)C. The first kappa shape index (κ1) is 14.9. The van der Waals surface area contributed by atoms with Crippen LogP contribution in [0, 0.1) is 5.92 Å². The van der Waals surface area contributed by atoms with E-state index in [1.54, 1.807) is 0 Å². The number of hydrogen-bond donors (Lipinski definition) is 1. The van der Waals surface area contributed by atoms with Crippen molar-refractivity contribution >= 4 is 11.6 Å². The number of ether oxygens (including phenoxy) is 1. The van der Waals surface area contributed by atoms with E-state index in [1.165, 1.54) is 0 Å². The Hall–Kier alpha value is -1.55. The van der Waals surface area contributed by atoms with Crippen molar-refractivity contribution in [1.29, 1.82) is 0 Å². The number of hydrogen-bond acceptors (Lipinski definition) is 3. The first-order chi connectivity index (χ1) is 9.50. The number of carbonyl (C=O) groups is 1. The van der Waals surface area contributed by atoms with Crippen molar-refractivity contribution in [1.82, 2.24) is 4.90 Å². The summed E-state index contributed by atoms with van der Waals surface area (Å²) in [5, 5.41) is 0. The lowest BCUT2D eigenvalue weighted by Crippen LogP contribution is -2.44. The van der Waals surface area contributed by atoms with Gasteiger partial charge in [-0.2, -0.15) is 0 Å². The van der Waals surface area contributed by atoms with Crippen molar-refractivity contribution in [3.05, 3.63) is 29.8 Å². The minimum Gasteiger partial charge on any atom is -0.398 e. The van der Waals surface area contributed by atoms with Crippen molar-refractivity contribution in [2.24, 2.45) is 5.92 Å². The van der Waals surface area contributed by atoms with Crippen LogP contribution in [-0.2, 0) is 16.1 Å². The van der Waals surface area contributed by atoms with E-state index in [-0.39, 0.29) is 24.0 Å². The highest BCUT2D eigenvalue weighted by molar-refractivity contribution is 5.82. The Kier molecular flexibility index (Phi) is 4.65. The van der Waals surface area contributed by atoms with Crippen LogP contribution in [0.4, 0.5) is 5.69 Å². The van der Waals surface area contributed by atoms with E-state index in [9.17, 15) is 4.79 Å². The lowest BCUT2D eigenvalue weighted by atomic mass is 10.0. The van der Waals surface area contributed by atoms with Crippen LogP contribution in [0.15, 0.2) is 24.3 Å². The number of rotatable bonds is 4. The first-order valence-electron chi connectivity index (χ1n) is 7.26. The zero-order valence-corrected chi connectivity index (χ0v) is 12.5. The molecule has 1 saturated heterocycles. The number of para-hydroxylation sites is 1. The van der Waals surface area contributed by atoms with Crippen LogP contribution in [0.2, 0.25) is 0 Å². The quantitative estimate of drug-likeness (QED) is 0.859. The van der Waals surface area contributed by atoms with Crippen LogP contribution in [0.3, 0.4) is 0 Å². The summed E-state index contributed by atoms with van der Waals surface area (Å²) in [7, 11) is 0. The standard InChI is InChI=1S/C16H24N2O2/c1-11(2)18(10-13-6-4-5-7-14(13)17)16(19)15-12(3)8-9-20-15/h4-7,11-12,15H,8-10,17H2,1-3H3. The van der Waals surface area contributed by atoms with Gasteiger partial charge >= 0.3 is 0 Å². The minimum atomic E-state index is -0.303. The number of benzene rings is 1. The fourth-order valence-electron chi connectivity index (χ4n) is 2.55. The average molecular weight is 276 g/mol. The fourth-order valence-corrected chi connectivity index (χ4v) is 2.55. The van der Waals surface area contributed by atoms with Gasteiger partial charge in [0.05, 0.1) is 0 Å². The smallest absolute Gasteiger partial charge is 0.252 e. The van der Waals surface area contributed by atoms with E-state index in [1.807, 2.05) is 43.0 Å². The molecule has 1 heterocycles. The summed E-state index contributed by atoms with van der Waals surface area (Å²) in [6.45, 7) is 7.34. The third-order valence-corrected chi connectivity index (χ3v) is 3.93. The molecule has 0 aliphatic carbocycles. The molecule has 0 radical (unpaired) electrons. The maximum absolute atomic E-state index is 12.7. The van der Waals surface area contributed by atoms with Gasteiger partial charge in [0.2, 0.25) is 0 Å². The number of anilines is 1. The Labute approximate surface area is 120 Å². The van der Waals surface area contributed by atoms with Crippen LogP contribution in [0.5, 0.6) is 0 Å². The lowest BCUT2D eigenvalue weighted by Gasteiger charge is -2.30. The van der Waals surface area contributed by atoms with E-state index < -0.39 is 0 Å². The zero-order valence-electron chi connectivity index (χ0n) is 12.5. The molecule has 0 bridgehead atoms. The normalized spacial score (nSPS) is 22.2. The number of carbonyl (C=O) groups excluding carboxylic acids is 1. The molecule has 2 N–H and O–H groups in total. The number of amides is 1. The summed E-state index contributed by atoms with van der Waals surface area (Å²) in [6.07, 6.45) is 0.651. The number of nitrogen functional groups attached to an aromatic ring is 1. The molecule has 1 aliphatic heterocycles. The fraction of sp³-hybridized carbons (Fsp3) is 0.562. The highest BCUT2D eigenvalue weighted by Gasteiger charge is 2.35. The number of nitrogens with two attached hydrogens (primary N) is 1. The summed E-state index contributed by atoms with van der Waals surface area (Å²) in [4.78, 5) is 14.5. The number of nitrogens with zero attached hydrogens (tertiary/aromatic N) is 1. The molecule has 1 aromatic carbocycles. The van der Waals surface area contributed by atoms with E-state index in [2.05, 4.69) is 6.92 Å². The van der Waals surface area contributed by atoms with Gasteiger partial charge in [-0.05, 0) is 37.8 Å². The van der Waals surface area contributed by atoms with Gasteiger partial charge in [0, 0.05) is 24.9 Å². The van der Waals surface area contributed by atoms with E-state index in [0.29, 0.717) is 13.2 Å². The predicted octanol–water partition coefficient (Wildman–Crippen LogP) is 2.43. The molecular weight excluding hydrogens is 252 g/mol. The maximum atomic E-state index is 12.7. The maximum Gasteiger partial charge on any atom is 0.252 e. The lowest BCUT2D eigenvalue weighted by molar-refractivity contribution is -0.145. The van der Waals surface area contributed by atoms with Gasteiger partial charge < -0.3 is 15.4 Å². The van der Waals surface area contributed by atoms with Crippen LogP contribution < -0.4 is 5.73 Å². The summed E-state index contributed by atoms with van der Waals surface area (Å²) >= 11 is 0. The van der Waals surface area contributed by atoms with Gasteiger partial charge in [-0.25, -0.2) is 0 Å². The van der Waals surface area contributed by atoms with Gasteiger partial charge in [-0.1, -0.05) is 25.1 Å². The summed E-state index contributed by atoms with van der Waals surface area (Å²) < 4.78 is 5.60. The molecule has 0 spiro atoms. The largest absolute Gasteiger partial charge is 0.398 e. The first-order valence-corrected chi connectivity index (χ1v) is 7.26. The van der Waals surface area contributed by atoms with Crippen LogP contribution >= 0.6 is 0 Å². The molecule has 20 heavy (non-hydrogen) atoms. The Bertz CT molecular complexity index is 473. The van der Waals surface area contributed by atoms with Crippen LogP contribution in [-0.4, -0.2) is 29.6 Å². The van der Waals surface area contributed by atoms with E-state index >= 15 is 0 Å². The van der Waals surface area contributed by atoms with Gasteiger partial charge in [0.25, 0.3) is 5.91 Å². The molecule has 1 aromatic rings. The van der Waals surface area contributed by atoms with Crippen molar-refractivity contribution < 1.29 is 9.53 Å². The highest BCUT2D eigenvalue weighted by Crippen LogP contribution is 2.24. The molecular formula is C16H24N2O2. The molecule has 4 nitrogen and oxygen atoms in total. The average Bonchev–Trinajstić information content (AvgIpc) is 2.83. The highest BCUT2D eigenvalue weighted by atomic mass is 16.5. The van der Waals surface area contributed by atoms with Gasteiger partial charge in [0.1, 0.15) is 6.10 Å². The van der Waals surface area contributed by atoms with Crippen LogP contribution in [0.1, 0.15) is 32.8 Å². The predicted molar refractivity (Wildman–Crippen MR) is 80.1 cm³/mol. The Morgan fingerprint density at radius 2 is 2.15 bits per heavy atom. The van der Waals surface area contributed by atoms with Crippen molar-refractivity contribution in [2.75, 3.05) is 12.3 Å². The molecule has 0 aromatic heterocycles. The summed E-state index contributed by atoms with van der Waals surface area (Å²) in [6, 6.07) is 7.81. The van der Waals surface area contributed by atoms with Crippen molar-refractivity contribution in [2.45, 2.75) is 45.9 Å². The second-order valence-electron chi connectivity index (χ2n) is 5.82. The second kappa shape index (κ2) is 6.27. The molecule has 1 amide bonds. The summed E-state index contributed by atoms with van der Waals surface area (Å²) in [5.74, 6) is 0.366. The third-order valence-electron chi connectivity index (χ3n) is 3.93. The Morgan fingerprint density at radius 1 is 1.45 bits per heavy atom. The van der Waals surface area contributed by atoms with Crippen LogP contribution in [0.25, 0.3) is 0 Å². The summed E-state index contributed by atoms with van der Waals surface area (Å²) in [5.41, 5.74) is 7.70. The van der Waals surface area contributed by atoms with Gasteiger partial charge in [-0.3, -0.25) is 4.79 Å². The van der Waals surface area contributed by atoms with E-state index in [4.69, 9.17) is 10.5 Å². The molecule has 110 valence electrons. The van der Waals surface area contributed by atoms with Gasteiger partial charge in [-0.15, -0.1) is 0 Å². The third kappa shape index (κ3) is 3.12. The Balaban J connectivity index is 2.15. The zero-order chi connectivity index (χ0) is 14.7. The molecule has 1 aliphatic rings. The van der Waals surface area contributed by atoms with Gasteiger partial charge in [0.15, 0.2) is 0 Å². The molecule has 1 fully saturated rings. The second-order valence-corrected chi connectivity index (χ2v) is 5.82. The Morgan fingerprint density at radius 3 is 2.70 bits per heavy atom. The molecule has 0 saturated carbocycles. The molecule has 2 unspecified atom stereocenters. The molecule has 4 heteroatoms. The molecule has 2 rings (SSSR count).